The van der Waals surface area contributed by atoms with Crippen molar-refractivity contribution in [3.05, 3.63) is 125 Å². The molecule has 0 spiro atoms. The number of carbonyl (C=O) groups is 1. The molecular formula is C30H27NO2. The molecule has 0 bridgehead atoms. The minimum absolute atomic E-state index is 0.00720. The Bertz CT molecular complexity index is 1230. The summed E-state index contributed by atoms with van der Waals surface area (Å²) in [5.74, 6) is 0.778. The van der Waals surface area contributed by atoms with E-state index in [1.165, 1.54) is 0 Å². The Labute approximate surface area is 195 Å². The molecule has 0 heterocycles. The Morgan fingerprint density at radius 1 is 0.758 bits per heavy atom. The number of methoxy groups -OCH3 is 1. The molecule has 4 aromatic carbocycles. The molecule has 164 valence electrons. The molecule has 4 rings (SSSR count). The van der Waals surface area contributed by atoms with Gasteiger partial charge in [-0.15, -0.1) is 0 Å². The van der Waals surface area contributed by atoms with Crippen LogP contribution in [0, 0.1) is 0 Å². The van der Waals surface area contributed by atoms with Crippen molar-refractivity contribution in [3.63, 3.8) is 0 Å². The Morgan fingerprint density at radius 3 is 2.18 bits per heavy atom. The summed E-state index contributed by atoms with van der Waals surface area (Å²) in [5, 5.41) is 3.08. The summed E-state index contributed by atoms with van der Waals surface area (Å²) >= 11 is 0. The van der Waals surface area contributed by atoms with Gasteiger partial charge in [0, 0.05) is 6.54 Å². The number of nitrogens with one attached hydrogen (secondary N) is 1. The maximum absolute atomic E-state index is 12.6. The molecule has 0 unspecified atom stereocenters. The van der Waals surface area contributed by atoms with Crippen LogP contribution in [0.2, 0.25) is 0 Å². The monoisotopic (exact) mass is 433 g/mol. The molecule has 0 saturated carbocycles. The third kappa shape index (κ3) is 5.98. The summed E-state index contributed by atoms with van der Waals surface area (Å²) in [6, 6.07) is 34.4. The Morgan fingerprint density at radius 2 is 1.42 bits per heavy atom. The van der Waals surface area contributed by atoms with E-state index in [4.69, 9.17) is 4.74 Å². The van der Waals surface area contributed by atoms with E-state index in [0.717, 1.165) is 39.1 Å². The van der Waals surface area contributed by atoms with Crippen LogP contribution in [-0.4, -0.2) is 13.0 Å². The lowest BCUT2D eigenvalue weighted by molar-refractivity contribution is -0.120. The number of amides is 1. The normalized spacial score (nSPS) is 10.8. The maximum Gasteiger partial charge on any atom is 0.224 e. The summed E-state index contributed by atoms with van der Waals surface area (Å²) in [4.78, 5) is 12.6. The van der Waals surface area contributed by atoms with Gasteiger partial charge in [-0.2, -0.15) is 0 Å². The lowest BCUT2D eigenvalue weighted by Gasteiger charge is -2.13. The van der Waals surface area contributed by atoms with Gasteiger partial charge in [0.1, 0.15) is 5.75 Å². The van der Waals surface area contributed by atoms with Crippen LogP contribution >= 0.6 is 0 Å². The zero-order valence-corrected chi connectivity index (χ0v) is 18.7. The molecule has 3 nitrogen and oxygen atoms in total. The number of rotatable bonds is 8. The van der Waals surface area contributed by atoms with Gasteiger partial charge >= 0.3 is 0 Å². The van der Waals surface area contributed by atoms with Gasteiger partial charge in [0.15, 0.2) is 0 Å². The molecule has 0 aliphatic rings. The highest BCUT2D eigenvalue weighted by Crippen LogP contribution is 2.28. The second-order valence-corrected chi connectivity index (χ2v) is 7.79. The van der Waals surface area contributed by atoms with Crippen LogP contribution in [0.15, 0.2) is 103 Å². The van der Waals surface area contributed by atoms with Gasteiger partial charge < -0.3 is 10.1 Å². The van der Waals surface area contributed by atoms with Crippen molar-refractivity contribution < 1.29 is 9.53 Å². The van der Waals surface area contributed by atoms with Crippen LogP contribution in [0.5, 0.6) is 5.75 Å². The fraction of sp³-hybridized carbons (Fsp3) is 0.100. The van der Waals surface area contributed by atoms with Crippen LogP contribution in [0.4, 0.5) is 0 Å². The van der Waals surface area contributed by atoms with E-state index in [0.29, 0.717) is 13.0 Å². The first-order valence-corrected chi connectivity index (χ1v) is 11.0. The standard InChI is InChI=1S/C30H27NO2/c1-33-27-19-16-24(17-20-27)21-30(32)31-22-26-12-6-8-14-29(26)28-13-7-5-11-25(28)18-15-23-9-3-2-4-10-23/h2-20H,21-22H2,1H3,(H,31,32). The molecule has 0 aromatic heterocycles. The van der Waals surface area contributed by atoms with Crippen molar-refractivity contribution in [3.8, 4) is 16.9 Å². The van der Waals surface area contributed by atoms with E-state index in [2.05, 4.69) is 53.9 Å². The number of ether oxygens (including phenoxy) is 1. The summed E-state index contributed by atoms with van der Waals surface area (Å²) in [6.07, 6.45) is 4.60. The van der Waals surface area contributed by atoms with Crippen molar-refractivity contribution in [2.45, 2.75) is 13.0 Å². The summed E-state index contributed by atoms with van der Waals surface area (Å²) in [6.45, 7) is 0.474. The van der Waals surface area contributed by atoms with Gasteiger partial charge in [-0.05, 0) is 45.5 Å². The average molecular weight is 434 g/mol. The number of carbonyl (C=O) groups excluding carboxylic acids is 1. The third-order valence-corrected chi connectivity index (χ3v) is 5.52. The van der Waals surface area contributed by atoms with Crippen molar-refractivity contribution in [1.29, 1.82) is 0 Å². The first kappa shape index (κ1) is 22.1. The zero-order valence-electron chi connectivity index (χ0n) is 18.7. The highest BCUT2D eigenvalue weighted by atomic mass is 16.5. The van der Waals surface area contributed by atoms with Crippen molar-refractivity contribution in [1.82, 2.24) is 5.32 Å². The van der Waals surface area contributed by atoms with E-state index in [9.17, 15) is 4.79 Å². The predicted octanol–water partition coefficient (Wildman–Crippen LogP) is 6.39. The van der Waals surface area contributed by atoms with Crippen LogP contribution in [0.25, 0.3) is 23.3 Å². The summed E-state index contributed by atoms with van der Waals surface area (Å²) in [5.41, 5.74) is 6.60. The minimum Gasteiger partial charge on any atom is -0.497 e. The van der Waals surface area contributed by atoms with E-state index in [1.54, 1.807) is 7.11 Å². The average Bonchev–Trinajstić information content (AvgIpc) is 2.88. The highest BCUT2D eigenvalue weighted by Gasteiger charge is 2.10. The number of hydrogen-bond acceptors (Lipinski definition) is 2. The molecule has 0 atom stereocenters. The fourth-order valence-corrected chi connectivity index (χ4v) is 3.76. The van der Waals surface area contributed by atoms with Crippen LogP contribution < -0.4 is 10.1 Å². The molecule has 1 N–H and O–H groups in total. The lowest BCUT2D eigenvalue weighted by atomic mass is 9.94. The fourth-order valence-electron chi connectivity index (χ4n) is 3.76. The van der Waals surface area contributed by atoms with Crippen molar-refractivity contribution in [2.75, 3.05) is 7.11 Å². The first-order valence-electron chi connectivity index (χ1n) is 11.0. The van der Waals surface area contributed by atoms with Crippen LogP contribution in [-0.2, 0) is 17.8 Å². The van der Waals surface area contributed by atoms with Gasteiger partial charge in [0.05, 0.1) is 13.5 Å². The Hall–Kier alpha value is -4.11. The maximum atomic E-state index is 12.6. The second kappa shape index (κ2) is 11.0. The van der Waals surface area contributed by atoms with Crippen molar-refractivity contribution >= 4 is 18.1 Å². The van der Waals surface area contributed by atoms with E-state index >= 15 is 0 Å². The molecule has 0 fully saturated rings. The smallest absolute Gasteiger partial charge is 0.224 e. The zero-order chi connectivity index (χ0) is 22.9. The molecule has 0 aliphatic heterocycles. The number of benzene rings is 4. The minimum atomic E-state index is -0.00720. The van der Waals surface area contributed by atoms with Gasteiger partial charge in [-0.1, -0.05) is 103 Å². The lowest BCUT2D eigenvalue weighted by Crippen LogP contribution is -2.24. The largest absolute Gasteiger partial charge is 0.497 e. The molecule has 4 aromatic rings. The second-order valence-electron chi connectivity index (χ2n) is 7.79. The molecule has 0 saturated heterocycles. The van der Waals surface area contributed by atoms with Gasteiger partial charge in [0.25, 0.3) is 0 Å². The molecule has 33 heavy (non-hydrogen) atoms. The van der Waals surface area contributed by atoms with Gasteiger partial charge in [-0.25, -0.2) is 0 Å². The van der Waals surface area contributed by atoms with Gasteiger partial charge in [0.2, 0.25) is 5.91 Å². The SMILES string of the molecule is COc1ccc(CC(=O)NCc2ccccc2-c2ccccc2C=Cc2ccccc2)cc1. The molecule has 0 radical (unpaired) electrons. The van der Waals surface area contributed by atoms with Gasteiger partial charge in [-0.3, -0.25) is 4.79 Å². The van der Waals surface area contributed by atoms with E-state index in [1.807, 2.05) is 66.7 Å². The first-order chi connectivity index (χ1) is 16.2. The van der Waals surface area contributed by atoms with Crippen molar-refractivity contribution in [2.24, 2.45) is 0 Å². The number of hydrogen-bond donors (Lipinski definition) is 1. The highest BCUT2D eigenvalue weighted by molar-refractivity contribution is 5.83. The van der Waals surface area contributed by atoms with Crippen LogP contribution in [0.1, 0.15) is 22.3 Å². The van der Waals surface area contributed by atoms with E-state index in [-0.39, 0.29) is 5.91 Å². The molecule has 0 aliphatic carbocycles. The molecule has 3 heteroatoms. The quantitative estimate of drug-likeness (QED) is 0.327. The predicted molar refractivity (Wildman–Crippen MR) is 136 cm³/mol. The Balaban J connectivity index is 1.50. The molecular weight excluding hydrogens is 406 g/mol. The topological polar surface area (TPSA) is 38.3 Å². The van der Waals surface area contributed by atoms with Crippen LogP contribution in [0.3, 0.4) is 0 Å². The Kier molecular flexibility index (Phi) is 7.34. The van der Waals surface area contributed by atoms with E-state index < -0.39 is 0 Å². The third-order valence-electron chi connectivity index (χ3n) is 5.52. The summed E-state index contributed by atoms with van der Waals surface area (Å²) in [7, 11) is 1.63. The summed E-state index contributed by atoms with van der Waals surface area (Å²) < 4.78 is 5.18. The molecule has 1 amide bonds.